The topological polar surface area (TPSA) is 63.7 Å². The van der Waals surface area contributed by atoms with Gasteiger partial charge in [-0.15, -0.1) is 0 Å². The molecule has 1 aliphatic rings. The van der Waals surface area contributed by atoms with Crippen molar-refractivity contribution in [1.29, 1.82) is 0 Å². The molecule has 5 nitrogen and oxygen atoms in total. The van der Waals surface area contributed by atoms with Gasteiger partial charge in [-0.3, -0.25) is 0 Å². The van der Waals surface area contributed by atoms with E-state index in [1.165, 1.54) is 13.2 Å². The lowest BCUT2D eigenvalue weighted by Gasteiger charge is -2.17. The van der Waals surface area contributed by atoms with E-state index in [1.54, 1.807) is 31.2 Å². The number of ether oxygens (including phenoxy) is 1. The maximum absolute atomic E-state index is 15.0. The zero-order valence-corrected chi connectivity index (χ0v) is 18.2. The highest BCUT2D eigenvalue weighted by Crippen LogP contribution is 2.34. The van der Waals surface area contributed by atoms with Gasteiger partial charge in [-0.2, -0.15) is 4.31 Å². The molecule has 1 fully saturated rings. The number of halogens is 3. The molecule has 1 aliphatic heterocycles. The second-order valence-corrected chi connectivity index (χ2v) is 9.67. The van der Waals surface area contributed by atoms with Crippen LogP contribution in [0.15, 0.2) is 47.4 Å². The highest BCUT2D eigenvalue weighted by molar-refractivity contribution is 7.89. The van der Waals surface area contributed by atoms with Crippen LogP contribution in [0.3, 0.4) is 0 Å². The van der Waals surface area contributed by atoms with E-state index >= 15 is 8.78 Å². The summed E-state index contributed by atoms with van der Waals surface area (Å²) >= 11 is 0. The minimum atomic E-state index is -4.21. The highest BCUT2D eigenvalue weighted by Gasteiger charge is 2.33. The van der Waals surface area contributed by atoms with Crippen molar-refractivity contribution in [3.8, 4) is 11.1 Å². The van der Waals surface area contributed by atoms with Crippen LogP contribution in [-0.4, -0.2) is 45.1 Å². The van der Waals surface area contributed by atoms with Gasteiger partial charge in [0.25, 0.3) is 0 Å². The Balaban J connectivity index is 1.81. The van der Waals surface area contributed by atoms with Gasteiger partial charge < -0.3 is 4.74 Å². The standard InChI is InChI=1S/C23H20F3NO4S/c1-13-7-16(9-15-8-14(23(28)31-2)3-4-19(13)15)22-20(25)10-18(11-21(22)26)32(29,30)27-6-5-17(24)12-27/h3-4,7-11,17H,5-6,12H2,1-2H3/t17-/m0/s1. The summed E-state index contributed by atoms with van der Waals surface area (Å²) in [7, 11) is -2.96. The summed E-state index contributed by atoms with van der Waals surface area (Å²) in [5.41, 5.74) is 0.814. The van der Waals surface area contributed by atoms with E-state index in [1.807, 2.05) is 0 Å². The number of fused-ring (bicyclic) bond motifs is 1. The molecular formula is C23H20F3NO4S. The van der Waals surface area contributed by atoms with E-state index in [0.29, 0.717) is 5.39 Å². The number of esters is 1. The Kier molecular flexibility index (Phi) is 5.72. The molecule has 0 saturated carbocycles. The molecule has 32 heavy (non-hydrogen) atoms. The van der Waals surface area contributed by atoms with E-state index in [2.05, 4.69) is 0 Å². The van der Waals surface area contributed by atoms with Gasteiger partial charge in [0.15, 0.2) is 0 Å². The minimum absolute atomic E-state index is 0.0408. The number of carbonyl (C=O) groups excluding carboxylic acids is 1. The number of alkyl halides is 1. The van der Waals surface area contributed by atoms with Gasteiger partial charge in [-0.1, -0.05) is 12.1 Å². The van der Waals surface area contributed by atoms with Gasteiger partial charge in [-0.25, -0.2) is 26.4 Å². The molecule has 0 aromatic heterocycles. The molecule has 168 valence electrons. The molecule has 0 bridgehead atoms. The molecule has 0 radical (unpaired) electrons. The maximum Gasteiger partial charge on any atom is 0.337 e. The van der Waals surface area contributed by atoms with Crippen LogP contribution in [0.4, 0.5) is 13.2 Å². The van der Waals surface area contributed by atoms with Crippen LogP contribution in [0.5, 0.6) is 0 Å². The van der Waals surface area contributed by atoms with Crippen molar-refractivity contribution in [1.82, 2.24) is 4.31 Å². The van der Waals surface area contributed by atoms with Crippen molar-refractivity contribution < 1.29 is 31.1 Å². The lowest BCUT2D eigenvalue weighted by molar-refractivity contribution is 0.0601. The summed E-state index contributed by atoms with van der Waals surface area (Å²) in [6, 6.07) is 9.50. The zero-order valence-electron chi connectivity index (χ0n) is 17.4. The summed E-state index contributed by atoms with van der Waals surface area (Å²) in [5.74, 6) is -2.65. The first-order valence-electron chi connectivity index (χ1n) is 9.88. The number of hydrogen-bond donors (Lipinski definition) is 0. The van der Waals surface area contributed by atoms with Crippen molar-refractivity contribution in [2.24, 2.45) is 0 Å². The van der Waals surface area contributed by atoms with Crippen molar-refractivity contribution in [3.05, 3.63) is 65.2 Å². The molecule has 4 rings (SSSR count). The molecule has 3 aromatic carbocycles. The second kappa shape index (κ2) is 8.22. The third kappa shape index (κ3) is 3.86. The van der Waals surface area contributed by atoms with Gasteiger partial charge in [0, 0.05) is 13.1 Å². The second-order valence-electron chi connectivity index (χ2n) is 7.73. The summed E-state index contributed by atoms with van der Waals surface area (Å²) < 4.78 is 74.4. The van der Waals surface area contributed by atoms with E-state index < -0.39 is 38.7 Å². The molecule has 3 aromatic rings. The van der Waals surface area contributed by atoms with Gasteiger partial charge in [0.1, 0.15) is 17.8 Å². The van der Waals surface area contributed by atoms with Crippen LogP contribution in [0.1, 0.15) is 22.3 Å². The quantitative estimate of drug-likeness (QED) is 0.530. The van der Waals surface area contributed by atoms with Crippen molar-refractivity contribution in [3.63, 3.8) is 0 Å². The number of rotatable bonds is 4. The van der Waals surface area contributed by atoms with Crippen LogP contribution in [0.25, 0.3) is 21.9 Å². The fourth-order valence-corrected chi connectivity index (χ4v) is 5.49. The molecule has 0 spiro atoms. The summed E-state index contributed by atoms with van der Waals surface area (Å²) in [5, 5.41) is 1.36. The van der Waals surface area contributed by atoms with Crippen molar-refractivity contribution in [2.45, 2.75) is 24.4 Å². The lowest BCUT2D eigenvalue weighted by Crippen LogP contribution is -2.29. The Morgan fingerprint density at radius 2 is 1.78 bits per heavy atom. The molecular weight excluding hydrogens is 443 g/mol. The molecule has 9 heteroatoms. The Bertz CT molecular complexity index is 1320. The molecule has 0 unspecified atom stereocenters. The number of aryl methyl sites for hydroxylation is 1. The summed E-state index contributed by atoms with van der Waals surface area (Å²) in [4.78, 5) is 11.3. The first-order valence-corrected chi connectivity index (χ1v) is 11.3. The van der Waals surface area contributed by atoms with E-state index in [-0.39, 0.29) is 36.2 Å². The minimum Gasteiger partial charge on any atom is -0.465 e. The van der Waals surface area contributed by atoms with Crippen LogP contribution in [-0.2, 0) is 14.8 Å². The Morgan fingerprint density at radius 3 is 2.38 bits per heavy atom. The molecule has 1 heterocycles. The van der Waals surface area contributed by atoms with Gasteiger partial charge >= 0.3 is 5.97 Å². The third-order valence-electron chi connectivity index (χ3n) is 5.62. The smallest absolute Gasteiger partial charge is 0.337 e. The fourth-order valence-electron chi connectivity index (χ4n) is 3.98. The number of benzene rings is 3. The summed E-state index contributed by atoms with van der Waals surface area (Å²) in [6.45, 7) is 1.39. The van der Waals surface area contributed by atoms with Crippen molar-refractivity contribution in [2.75, 3.05) is 20.2 Å². The van der Waals surface area contributed by atoms with Crippen molar-refractivity contribution >= 4 is 26.8 Å². The lowest BCUT2D eigenvalue weighted by atomic mass is 9.95. The highest BCUT2D eigenvalue weighted by atomic mass is 32.2. The predicted molar refractivity (Wildman–Crippen MR) is 114 cm³/mol. The summed E-state index contributed by atoms with van der Waals surface area (Å²) in [6.07, 6.45) is -1.25. The molecule has 0 amide bonds. The predicted octanol–water partition coefficient (Wildman–Crippen LogP) is 4.61. The first kappa shape index (κ1) is 22.3. The number of nitrogens with zero attached hydrogens (tertiary/aromatic N) is 1. The van der Waals surface area contributed by atoms with Crippen LogP contribution in [0, 0.1) is 18.6 Å². The average Bonchev–Trinajstić information content (AvgIpc) is 3.19. The van der Waals surface area contributed by atoms with Gasteiger partial charge in [0.2, 0.25) is 10.0 Å². The normalized spacial score (nSPS) is 17.1. The van der Waals surface area contributed by atoms with E-state index in [9.17, 15) is 17.6 Å². The number of carbonyl (C=O) groups is 1. The Hall–Kier alpha value is -2.91. The van der Waals surface area contributed by atoms with E-state index in [0.717, 1.165) is 27.4 Å². The fraction of sp³-hybridized carbons (Fsp3) is 0.261. The van der Waals surface area contributed by atoms with Crippen LogP contribution in [0.2, 0.25) is 0 Å². The Morgan fingerprint density at radius 1 is 1.09 bits per heavy atom. The van der Waals surface area contributed by atoms with E-state index in [4.69, 9.17) is 4.74 Å². The van der Waals surface area contributed by atoms with Crippen LogP contribution >= 0.6 is 0 Å². The SMILES string of the molecule is COC(=O)c1ccc2c(C)cc(-c3c(F)cc(S(=O)(=O)N4CC[C@H](F)C4)cc3F)cc2c1. The number of methoxy groups -OCH3 is 1. The maximum atomic E-state index is 15.0. The number of sulfonamides is 1. The molecule has 1 atom stereocenters. The van der Waals surface area contributed by atoms with Gasteiger partial charge in [0.05, 0.1) is 23.1 Å². The van der Waals surface area contributed by atoms with Crippen LogP contribution < -0.4 is 0 Å². The average molecular weight is 463 g/mol. The number of hydrogen-bond acceptors (Lipinski definition) is 4. The Labute approximate surface area is 183 Å². The third-order valence-corrected chi connectivity index (χ3v) is 7.46. The zero-order chi connectivity index (χ0) is 23.2. The monoisotopic (exact) mass is 463 g/mol. The molecule has 0 N–H and O–H groups in total. The largest absolute Gasteiger partial charge is 0.465 e. The molecule has 1 saturated heterocycles. The van der Waals surface area contributed by atoms with Gasteiger partial charge in [-0.05, 0) is 65.6 Å². The molecule has 0 aliphatic carbocycles. The first-order chi connectivity index (χ1) is 15.1.